The topological polar surface area (TPSA) is 46.5 Å². The van der Waals surface area contributed by atoms with Gasteiger partial charge in [-0.25, -0.2) is 4.79 Å². The van der Waals surface area contributed by atoms with Gasteiger partial charge in [0.05, 0.1) is 7.11 Å². The molecule has 1 rings (SSSR count). The molecule has 0 fully saturated rings. The molecule has 0 aliphatic rings. The molecule has 1 aromatic rings. The van der Waals surface area contributed by atoms with Crippen LogP contribution in [-0.2, 0) is 0 Å². The fraction of sp³-hybridized carbons (Fsp3) is 0.300. The molecule has 0 saturated carbocycles. The zero-order valence-electron chi connectivity index (χ0n) is 8.11. The number of aromatic carboxylic acids is 1. The molecule has 0 aliphatic heterocycles. The molecule has 0 spiro atoms. The third-order valence-electron chi connectivity index (χ3n) is 1.71. The first kappa shape index (κ1) is 10.9. The van der Waals surface area contributed by atoms with Gasteiger partial charge >= 0.3 is 5.97 Å². The summed E-state index contributed by atoms with van der Waals surface area (Å²) in [6, 6.07) is 5.11. The average Bonchev–Trinajstić information content (AvgIpc) is 2.17. The number of carboxylic acid groups (broad SMARTS) is 1. The maximum Gasteiger partial charge on any atom is 0.339 e. The lowest BCUT2D eigenvalue weighted by Crippen LogP contribution is -2.00. The molecule has 3 nitrogen and oxygen atoms in total. The SMILES string of the molecule is CCSc1ccc(C(=O)O)c(OC)c1. The Morgan fingerprint density at radius 1 is 1.57 bits per heavy atom. The van der Waals surface area contributed by atoms with E-state index in [1.165, 1.54) is 7.11 Å². The molecule has 0 radical (unpaired) electrons. The standard InChI is InChI=1S/C10H12O3S/c1-3-14-7-4-5-8(10(11)12)9(6-7)13-2/h4-6H,3H2,1-2H3,(H,11,12). The second kappa shape index (κ2) is 4.91. The molecule has 0 unspecified atom stereocenters. The summed E-state index contributed by atoms with van der Waals surface area (Å²) in [6.45, 7) is 2.04. The van der Waals surface area contributed by atoms with Crippen LogP contribution in [0.3, 0.4) is 0 Å². The van der Waals surface area contributed by atoms with Crippen molar-refractivity contribution < 1.29 is 14.6 Å². The van der Waals surface area contributed by atoms with Gasteiger partial charge in [-0.05, 0) is 24.0 Å². The van der Waals surface area contributed by atoms with Crippen molar-refractivity contribution in [3.8, 4) is 5.75 Å². The van der Waals surface area contributed by atoms with Crippen molar-refractivity contribution in [1.82, 2.24) is 0 Å². The van der Waals surface area contributed by atoms with E-state index in [2.05, 4.69) is 0 Å². The van der Waals surface area contributed by atoms with Gasteiger partial charge in [-0.15, -0.1) is 11.8 Å². The van der Waals surface area contributed by atoms with Crippen LogP contribution in [0.15, 0.2) is 23.1 Å². The number of carboxylic acids is 1. The van der Waals surface area contributed by atoms with Crippen LogP contribution in [-0.4, -0.2) is 23.9 Å². The molecule has 0 aromatic heterocycles. The Morgan fingerprint density at radius 2 is 2.29 bits per heavy atom. The predicted molar refractivity (Wildman–Crippen MR) is 56.4 cm³/mol. The summed E-state index contributed by atoms with van der Waals surface area (Å²) in [7, 11) is 1.47. The van der Waals surface area contributed by atoms with Gasteiger partial charge in [-0.2, -0.15) is 0 Å². The van der Waals surface area contributed by atoms with E-state index in [0.29, 0.717) is 5.75 Å². The highest BCUT2D eigenvalue weighted by Crippen LogP contribution is 2.26. The number of rotatable bonds is 4. The maximum absolute atomic E-state index is 10.8. The Labute approximate surface area is 87.1 Å². The van der Waals surface area contributed by atoms with Crippen molar-refractivity contribution in [2.75, 3.05) is 12.9 Å². The van der Waals surface area contributed by atoms with Gasteiger partial charge in [0.15, 0.2) is 0 Å². The van der Waals surface area contributed by atoms with Crippen molar-refractivity contribution in [3.05, 3.63) is 23.8 Å². The number of hydrogen-bond donors (Lipinski definition) is 1. The second-order valence-electron chi connectivity index (χ2n) is 2.60. The summed E-state index contributed by atoms with van der Waals surface area (Å²) >= 11 is 1.65. The Hall–Kier alpha value is -1.16. The summed E-state index contributed by atoms with van der Waals surface area (Å²) < 4.78 is 5.00. The Bertz CT molecular complexity index is 336. The third-order valence-corrected chi connectivity index (χ3v) is 2.59. The van der Waals surface area contributed by atoms with Crippen LogP contribution in [0.4, 0.5) is 0 Å². The average molecular weight is 212 g/mol. The molecule has 1 N–H and O–H groups in total. The van der Waals surface area contributed by atoms with Crippen molar-refractivity contribution >= 4 is 17.7 Å². The summed E-state index contributed by atoms with van der Waals surface area (Å²) in [5.74, 6) is 0.404. The minimum Gasteiger partial charge on any atom is -0.496 e. The highest BCUT2D eigenvalue weighted by molar-refractivity contribution is 7.99. The van der Waals surface area contributed by atoms with Crippen LogP contribution < -0.4 is 4.74 Å². The molecular formula is C10H12O3S. The predicted octanol–water partition coefficient (Wildman–Crippen LogP) is 2.51. The smallest absolute Gasteiger partial charge is 0.339 e. The lowest BCUT2D eigenvalue weighted by Gasteiger charge is -2.06. The van der Waals surface area contributed by atoms with E-state index in [0.717, 1.165) is 10.6 Å². The molecule has 1 aromatic carbocycles. The zero-order valence-corrected chi connectivity index (χ0v) is 8.93. The summed E-state index contributed by atoms with van der Waals surface area (Å²) in [5, 5.41) is 8.83. The summed E-state index contributed by atoms with van der Waals surface area (Å²) in [4.78, 5) is 11.8. The molecule has 0 aliphatic carbocycles. The quantitative estimate of drug-likeness (QED) is 0.779. The van der Waals surface area contributed by atoms with Gasteiger partial charge in [0, 0.05) is 4.90 Å². The van der Waals surface area contributed by atoms with E-state index < -0.39 is 5.97 Å². The fourth-order valence-electron chi connectivity index (χ4n) is 1.10. The van der Waals surface area contributed by atoms with Crippen LogP contribution in [0.2, 0.25) is 0 Å². The van der Waals surface area contributed by atoms with Gasteiger partial charge in [-0.3, -0.25) is 0 Å². The third kappa shape index (κ3) is 2.42. The van der Waals surface area contributed by atoms with Gasteiger partial charge < -0.3 is 9.84 Å². The van der Waals surface area contributed by atoms with E-state index in [1.54, 1.807) is 30.0 Å². The molecule has 4 heteroatoms. The van der Waals surface area contributed by atoms with E-state index in [-0.39, 0.29) is 5.56 Å². The Morgan fingerprint density at radius 3 is 2.79 bits per heavy atom. The largest absolute Gasteiger partial charge is 0.496 e. The Balaban J connectivity index is 3.05. The van der Waals surface area contributed by atoms with Gasteiger partial charge in [0.1, 0.15) is 11.3 Å². The van der Waals surface area contributed by atoms with Gasteiger partial charge in [0.25, 0.3) is 0 Å². The van der Waals surface area contributed by atoms with E-state index >= 15 is 0 Å². The molecule has 0 saturated heterocycles. The lowest BCUT2D eigenvalue weighted by atomic mass is 10.2. The molecule has 0 heterocycles. The minimum atomic E-state index is -0.963. The van der Waals surface area contributed by atoms with Crippen LogP contribution in [0, 0.1) is 0 Å². The van der Waals surface area contributed by atoms with Crippen LogP contribution in [0.5, 0.6) is 5.75 Å². The maximum atomic E-state index is 10.8. The number of carbonyl (C=O) groups is 1. The van der Waals surface area contributed by atoms with Crippen molar-refractivity contribution in [2.45, 2.75) is 11.8 Å². The first-order chi connectivity index (χ1) is 6.69. The van der Waals surface area contributed by atoms with E-state index in [9.17, 15) is 4.79 Å². The van der Waals surface area contributed by atoms with Gasteiger partial charge in [0.2, 0.25) is 0 Å². The normalized spacial score (nSPS) is 9.86. The van der Waals surface area contributed by atoms with E-state index in [1.807, 2.05) is 6.92 Å². The van der Waals surface area contributed by atoms with Crippen molar-refractivity contribution in [1.29, 1.82) is 0 Å². The zero-order chi connectivity index (χ0) is 10.6. The van der Waals surface area contributed by atoms with Crippen LogP contribution >= 0.6 is 11.8 Å². The van der Waals surface area contributed by atoms with Crippen LogP contribution in [0.25, 0.3) is 0 Å². The van der Waals surface area contributed by atoms with Gasteiger partial charge in [-0.1, -0.05) is 6.92 Å². The first-order valence-corrected chi connectivity index (χ1v) is 5.21. The number of thioether (sulfide) groups is 1. The first-order valence-electron chi connectivity index (χ1n) is 4.23. The van der Waals surface area contributed by atoms with E-state index in [4.69, 9.17) is 9.84 Å². The summed E-state index contributed by atoms with van der Waals surface area (Å²) in [5.41, 5.74) is 0.202. The number of ether oxygens (including phenoxy) is 1. The minimum absolute atomic E-state index is 0.202. The Kier molecular flexibility index (Phi) is 3.83. The molecule has 14 heavy (non-hydrogen) atoms. The molecule has 0 bridgehead atoms. The number of methoxy groups -OCH3 is 1. The monoisotopic (exact) mass is 212 g/mol. The summed E-state index contributed by atoms with van der Waals surface area (Å²) in [6.07, 6.45) is 0. The molecule has 76 valence electrons. The highest BCUT2D eigenvalue weighted by Gasteiger charge is 2.10. The van der Waals surface area contributed by atoms with Crippen molar-refractivity contribution in [2.24, 2.45) is 0 Å². The van der Waals surface area contributed by atoms with Crippen molar-refractivity contribution in [3.63, 3.8) is 0 Å². The molecule has 0 amide bonds. The lowest BCUT2D eigenvalue weighted by molar-refractivity contribution is 0.0693. The molecule has 0 atom stereocenters. The second-order valence-corrected chi connectivity index (χ2v) is 3.94. The highest BCUT2D eigenvalue weighted by atomic mass is 32.2. The number of hydrogen-bond acceptors (Lipinski definition) is 3. The molecular weight excluding hydrogens is 200 g/mol. The fourth-order valence-corrected chi connectivity index (χ4v) is 1.79. The number of benzene rings is 1. The van der Waals surface area contributed by atoms with Crippen LogP contribution in [0.1, 0.15) is 17.3 Å².